The second-order valence-corrected chi connectivity index (χ2v) is 10.1. The number of nitrogens with two attached hydrogens (primary N) is 3. The van der Waals surface area contributed by atoms with Crippen LogP contribution in [0.25, 0.3) is 22.3 Å². The summed E-state index contributed by atoms with van der Waals surface area (Å²) in [6.07, 6.45) is 4.39. The number of H-pyrrole nitrogens is 2. The highest BCUT2D eigenvalue weighted by atomic mass is 35.5. The molecule has 0 spiro atoms. The second kappa shape index (κ2) is 17.6. The molecule has 15 heteroatoms. The lowest BCUT2D eigenvalue weighted by atomic mass is 10.0. The number of aromatic nitrogens is 3. The molecular formula is C30H39Cl2N9O4. The van der Waals surface area contributed by atoms with Gasteiger partial charge in [0.05, 0.1) is 13.2 Å². The van der Waals surface area contributed by atoms with Gasteiger partial charge in [0.2, 0.25) is 11.8 Å². The Bertz CT molecular complexity index is 1570. The van der Waals surface area contributed by atoms with Crippen LogP contribution in [-0.4, -0.2) is 70.5 Å². The standard InChI is InChI=1S/C30H37N9O4.2ClH/c1-43-29(42)24(12-7-13-34-30(32)33)38-28(41)25(14-19-16-35-23-11-6-5-10-21(19)23)39-27(40)22(31)15-20-17-36-26(37-20)18-8-3-2-4-9-18;;/h2-6,8-11,16-17,22,24-25,35H,7,12-15,31H2,1H3,(H,36,37)(H,38,41)(H,39,40)(H4,32,33,34);2*1H/t22-,24-,25-;;/m0../s1. The molecule has 2 aromatic heterocycles. The fraction of sp³-hybridized carbons (Fsp3) is 0.300. The lowest BCUT2D eigenvalue weighted by Crippen LogP contribution is -2.55. The third kappa shape index (κ3) is 10.2. The van der Waals surface area contributed by atoms with E-state index in [4.69, 9.17) is 21.9 Å². The Balaban J connectivity index is 0.00000353. The Hall–Kier alpha value is -4.59. The number of hydrogen-bond acceptors (Lipinski definition) is 7. The van der Waals surface area contributed by atoms with Crippen LogP contribution in [0.3, 0.4) is 0 Å². The number of para-hydroxylation sites is 1. The molecule has 0 radical (unpaired) electrons. The SMILES string of the molecule is COC(=O)[C@H](CCCN=C(N)N)NC(=O)[C@H](Cc1c[nH]c2ccccc12)NC(=O)[C@@H](N)Cc1cnc(-c2ccccc2)[nH]1.Cl.Cl. The maximum atomic E-state index is 13.6. The summed E-state index contributed by atoms with van der Waals surface area (Å²) in [5.74, 6) is -1.12. The number of ether oxygens (including phenoxy) is 1. The molecular weight excluding hydrogens is 621 g/mol. The number of fused-ring (bicyclic) bond motifs is 1. The number of nitrogens with zero attached hydrogens (tertiary/aromatic N) is 2. The molecule has 10 N–H and O–H groups in total. The van der Waals surface area contributed by atoms with Gasteiger partial charge in [-0.15, -0.1) is 24.8 Å². The number of imidazole rings is 1. The molecule has 0 unspecified atom stereocenters. The van der Waals surface area contributed by atoms with Gasteiger partial charge in [-0.25, -0.2) is 9.78 Å². The Morgan fingerprint density at radius 2 is 1.64 bits per heavy atom. The van der Waals surface area contributed by atoms with E-state index in [0.29, 0.717) is 17.9 Å². The Morgan fingerprint density at radius 3 is 2.36 bits per heavy atom. The average Bonchev–Trinajstić information content (AvgIpc) is 3.65. The van der Waals surface area contributed by atoms with Crippen molar-refractivity contribution in [2.24, 2.45) is 22.2 Å². The van der Waals surface area contributed by atoms with E-state index in [9.17, 15) is 14.4 Å². The van der Waals surface area contributed by atoms with Gasteiger partial charge in [0, 0.05) is 53.9 Å². The molecule has 2 aromatic carbocycles. The number of methoxy groups -OCH3 is 1. The van der Waals surface area contributed by atoms with E-state index in [0.717, 1.165) is 22.0 Å². The number of esters is 1. The summed E-state index contributed by atoms with van der Waals surface area (Å²) in [7, 11) is 1.24. The maximum Gasteiger partial charge on any atom is 0.328 e. The minimum absolute atomic E-state index is 0. The quantitative estimate of drug-likeness (QED) is 0.0456. The van der Waals surface area contributed by atoms with Gasteiger partial charge in [-0.1, -0.05) is 48.5 Å². The number of aliphatic imine (C=N–C) groups is 1. The van der Waals surface area contributed by atoms with Gasteiger partial charge in [0.1, 0.15) is 17.9 Å². The van der Waals surface area contributed by atoms with Gasteiger partial charge in [-0.05, 0) is 24.5 Å². The van der Waals surface area contributed by atoms with E-state index in [-0.39, 0.29) is 56.6 Å². The highest BCUT2D eigenvalue weighted by Crippen LogP contribution is 2.20. The molecule has 0 aliphatic carbocycles. The number of rotatable bonds is 14. The summed E-state index contributed by atoms with van der Waals surface area (Å²) in [6.45, 7) is 0.273. The molecule has 242 valence electrons. The van der Waals surface area contributed by atoms with E-state index in [1.807, 2.05) is 54.6 Å². The predicted molar refractivity (Wildman–Crippen MR) is 178 cm³/mol. The number of carbonyl (C=O) groups is 3. The van der Waals surface area contributed by atoms with Crippen molar-refractivity contribution in [1.82, 2.24) is 25.6 Å². The van der Waals surface area contributed by atoms with Crippen LogP contribution in [0.1, 0.15) is 24.1 Å². The molecule has 0 bridgehead atoms. The summed E-state index contributed by atoms with van der Waals surface area (Å²) in [5.41, 5.74) is 20.3. The van der Waals surface area contributed by atoms with Crippen molar-refractivity contribution in [3.8, 4) is 11.4 Å². The number of benzene rings is 2. The van der Waals surface area contributed by atoms with Gasteiger partial charge in [0.25, 0.3) is 0 Å². The topological polar surface area (TPSA) is 219 Å². The van der Waals surface area contributed by atoms with Crippen LogP contribution in [-0.2, 0) is 32.0 Å². The van der Waals surface area contributed by atoms with Crippen LogP contribution in [0.2, 0.25) is 0 Å². The number of guanidine groups is 1. The average molecular weight is 661 g/mol. The summed E-state index contributed by atoms with van der Waals surface area (Å²) in [6, 6.07) is 14.2. The summed E-state index contributed by atoms with van der Waals surface area (Å²) in [5, 5.41) is 6.43. The Labute approximate surface area is 273 Å². The van der Waals surface area contributed by atoms with Crippen molar-refractivity contribution in [3.63, 3.8) is 0 Å². The Kier molecular flexibility index (Phi) is 14.3. The molecule has 2 amide bonds. The lowest BCUT2D eigenvalue weighted by Gasteiger charge is -2.23. The molecule has 2 heterocycles. The molecule has 3 atom stereocenters. The fourth-order valence-corrected chi connectivity index (χ4v) is 4.71. The van der Waals surface area contributed by atoms with Crippen molar-refractivity contribution in [2.45, 2.75) is 43.8 Å². The monoisotopic (exact) mass is 659 g/mol. The summed E-state index contributed by atoms with van der Waals surface area (Å²) >= 11 is 0. The van der Waals surface area contributed by atoms with Crippen LogP contribution < -0.4 is 27.8 Å². The van der Waals surface area contributed by atoms with Crippen LogP contribution >= 0.6 is 24.8 Å². The minimum Gasteiger partial charge on any atom is -0.467 e. The molecule has 0 aliphatic heterocycles. The van der Waals surface area contributed by atoms with Crippen LogP contribution in [0, 0.1) is 0 Å². The van der Waals surface area contributed by atoms with E-state index in [1.165, 1.54) is 7.11 Å². The Morgan fingerprint density at radius 1 is 0.956 bits per heavy atom. The first-order chi connectivity index (χ1) is 20.7. The van der Waals surface area contributed by atoms with E-state index >= 15 is 0 Å². The second-order valence-electron chi connectivity index (χ2n) is 10.1. The number of carbonyl (C=O) groups excluding carboxylic acids is 3. The fourth-order valence-electron chi connectivity index (χ4n) is 4.71. The first-order valence-electron chi connectivity index (χ1n) is 13.9. The zero-order valence-electron chi connectivity index (χ0n) is 24.7. The molecule has 0 saturated carbocycles. The maximum absolute atomic E-state index is 13.6. The van der Waals surface area contributed by atoms with Crippen molar-refractivity contribution >= 4 is 59.5 Å². The number of hydrogen-bond donors (Lipinski definition) is 7. The summed E-state index contributed by atoms with van der Waals surface area (Å²) < 4.78 is 4.89. The molecule has 0 saturated heterocycles. The van der Waals surface area contributed by atoms with Gasteiger partial charge in [-0.3, -0.25) is 14.6 Å². The first kappa shape index (κ1) is 36.6. The molecule has 13 nitrogen and oxygen atoms in total. The van der Waals surface area contributed by atoms with Crippen molar-refractivity contribution in [1.29, 1.82) is 0 Å². The van der Waals surface area contributed by atoms with E-state index < -0.39 is 35.9 Å². The molecule has 45 heavy (non-hydrogen) atoms. The number of aromatic amines is 2. The smallest absolute Gasteiger partial charge is 0.328 e. The largest absolute Gasteiger partial charge is 0.467 e. The normalized spacial score (nSPS) is 12.5. The third-order valence-corrected chi connectivity index (χ3v) is 6.93. The van der Waals surface area contributed by atoms with Gasteiger partial charge in [0.15, 0.2) is 5.96 Å². The van der Waals surface area contributed by atoms with E-state index in [1.54, 1.807) is 12.4 Å². The van der Waals surface area contributed by atoms with E-state index in [2.05, 4.69) is 30.6 Å². The van der Waals surface area contributed by atoms with Crippen LogP contribution in [0.5, 0.6) is 0 Å². The van der Waals surface area contributed by atoms with Crippen molar-refractivity contribution < 1.29 is 19.1 Å². The number of amides is 2. The van der Waals surface area contributed by atoms with Crippen LogP contribution in [0.15, 0.2) is 72.0 Å². The minimum atomic E-state index is -1.04. The molecule has 0 fully saturated rings. The zero-order chi connectivity index (χ0) is 30.8. The van der Waals surface area contributed by atoms with Crippen molar-refractivity contribution in [2.75, 3.05) is 13.7 Å². The highest BCUT2D eigenvalue weighted by Gasteiger charge is 2.29. The third-order valence-electron chi connectivity index (χ3n) is 6.93. The highest BCUT2D eigenvalue weighted by molar-refractivity contribution is 5.93. The van der Waals surface area contributed by atoms with Gasteiger partial charge >= 0.3 is 5.97 Å². The first-order valence-corrected chi connectivity index (χ1v) is 13.9. The lowest BCUT2D eigenvalue weighted by molar-refractivity contribution is -0.145. The summed E-state index contributed by atoms with van der Waals surface area (Å²) in [4.78, 5) is 54.0. The zero-order valence-corrected chi connectivity index (χ0v) is 26.3. The van der Waals surface area contributed by atoms with Gasteiger partial charge < -0.3 is 42.5 Å². The van der Waals surface area contributed by atoms with Crippen molar-refractivity contribution in [3.05, 3.63) is 78.2 Å². The molecule has 0 aliphatic rings. The van der Waals surface area contributed by atoms with Gasteiger partial charge in [-0.2, -0.15) is 0 Å². The molecule has 4 rings (SSSR count). The van der Waals surface area contributed by atoms with Crippen LogP contribution in [0.4, 0.5) is 0 Å². The predicted octanol–water partition coefficient (Wildman–Crippen LogP) is 1.71. The number of nitrogens with one attached hydrogen (secondary N) is 4. The number of halogens is 2. The molecule has 4 aromatic rings.